The van der Waals surface area contributed by atoms with E-state index in [2.05, 4.69) is 39.0 Å². The third-order valence-corrected chi connectivity index (χ3v) is 5.19. The Morgan fingerprint density at radius 3 is 2.63 bits per heavy atom. The van der Waals surface area contributed by atoms with E-state index in [4.69, 9.17) is 4.99 Å². The monoisotopic (exact) mass is 363 g/mol. The van der Waals surface area contributed by atoms with Crippen LogP contribution in [-0.2, 0) is 11.2 Å². The molecule has 0 unspecified atom stereocenters. The van der Waals surface area contributed by atoms with Gasteiger partial charge in [-0.05, 0) is 34.6 Å². The maximum absolute atomic E-state index is 12.8. The first-order valence-corrected chi connectivity index (χ1v) is 9.87. The van der Waals surface area contributed by atoms with Gasteiger partial charge in [-0.15, -0.1) is 0 Å². The molecule has 0 atom stereocenters. The number of ketones is 1. The predicted octanol–water partition coefficient (Wildman–Crippen LogP) is 5.82. The first kappa shape index (κ1) is 19.3. The Kier molecular flexibility index (Phi) is 5.79. The molecule has 0 bridgehead atoms. The molecule has 0 radical (unpaired) electrons. The Hall–Kier alpha value is -2.42. The highest BCUT2D eigenvalue weighted by Gasteiger charge is 2.36. The fraction of sp³-hybridized carbons (Fsp3) is 0.417. The normalized spacial score (nSPS) is 20.3. The van der Waals surface area contributed by atoms with E-state index in [-0.39, 0.29) is 17.0 Å². The maximum atomic E-state index is 12.8. The molecule has 1 aliphatic carbocycles. The fourth-order valence-corrected chi connectivity index (χ4v) is 3.84. The number of hydrogen-bond donors (Lipinski definition) is 1. The number of fused-ring (bicyclic) bond motifs is 1. The van der Waals surface area contributed by atoms with Gasteiger partial charge in [0.15, 0.2) is 5.78 Å². The molecular formula is C24H29NO2. The third-order valence-electron chi connectivity index (χ3n) is 5.19. The minimum absolute atomic E-state index is 0.0132. The van der Waals surface area contributed by atoms with Gasteiger partial charge in [0.05, 0.1) is 5.57 Å². The van der Waals surface area contributed by atoms with Gasteiger partial charge in [-0.1, -0.05) is 69.7 Å². The number of nitrogens with zero attached hydrogens (tertiary/aromatic N) is 1. The van der Waals surface area contributed by atoms with Gasteiger partial charge < -0.3 is 5.11 Å². The van der Waals surface area contributed by atoms with E-state index in [0.29, 0.717) is 25.0 Å². The van der Waals surface area contributed by atoms with Gasteiger partial charge >= 0.3 is 0 Å². The van der Waals surface area contributed by atoms with Gasteiger partial charge in [-0.25, -0.2) is 0 Å². The highest BCUT2D eigenvalue weighted by molar-refractivity contribution is 6.24. The maximum Gasteiger partial charge on any atom is 0.168 e. The molecule has 0 amide bonds. The summed E-state index contributed by atoms with van der Waals surface area (Å²) in [4.78, 5) is 17.6. The summed E-state index contributed by atoms with van der Waals surface area (Å²) >= 11 is 0. The lowest BCUT2D eigenvalue weighted by Crippen LogP contribution is -2.33. The highest BCUT2D eigenvalue weighted by Crippen LogP contribution is 2.36. The second kappa shape index (κ2) is 8.08. The highest BCUT2D eigenvalue weighted by atomic mass is 16.3. The van der Waals surface area contributed by atoms with E-state index < -0.39 is 0 Å². The van der Waals surface area contributed by atoms with Crippen LogP contribution < -0.4 is 0 Å². The van der Waals surface area contributed by atoms with Crippen LogP contribution in [0.4, 0.5) is 0 Å². The summed E-state index contributed by atoms with van der Waals surface area (Å²) in [6.45, 7) is 7.03. The lowest BCUT2D eigenvalue weighted by atomic mass is 9.73. The fourth-order valence-electron chi connectivity index (χ4n) is 3.84. The van der Waals surface area contributed by atoms with E-state index >= 15 is 0 Å². The molecule has 3 nitrogen and oxygen atoms in total. The molecule has 2 aromatic carbocycles. The number of carbonyl (C=O) groups is 1. The molecule has 0 spiro atoms. The van der Waals surface area contributed by atoms with E-state index in [1.165, 1.54) is 0 Å². The van der Waals surface area contributed by atoms with Crippen LogP contribution in [0.15, 0.2) is 58.8 Å². The van der Waals surface area contributed by atoms with Gasteiger partial charge in [0, 0.05) is 25.1 Å². The largest absolute Gasteiger partial charge is 0.511 e. The van der Waals surface area contributed by atoms with Gasteiger partial charge in [-0.2, -0.15) is 0 Å². The second-order valence-electron chi connectivity index (χ2n) is 8.26. The minimum atomic E-state index is -0.106. The molecule has 1 fully saturated rings. The molecule has 142 valence electrons. The molecule has 1 N–H and O–H groups in total. The summed E-state index contributed by atoms with van der Waals surface area (Å²) in [5.74, 6) is 0.168. The number of carbonyl (C=O) groups excluding carboxylic acids is 1. The van der Waals surface area contributed by atoms with Gasteiger partial charge in [-0.3, -0.25) is 9.79 Å². The zero-order valence-electron chi connectivity index (χ0n) is 16.6. The first-order chi connectivity index (χ1) is 12.9. The number of unbranched alkanes of at least 4 members (excludes halogenated alkanes) is 1. The molecule has 1 aliphatic rings. The molecule has 0 aliphatic heterocycles. The van der Waals surface area contributed by atoms with Crippen molar-refractivity contribution < 1.29 is 9.90 Å². The number of hydrogen-bond acceptors (Lipinski definition) is 3. The number of Topliss-reactive ketones (excluding diaryl/α,β-unsaturated/α-hetero) is 1. The molecule has 0 heterocycles. The zero-order chi connectivity index (χ0) is 19.4. The summed E-state index contributed by atoms with van der Waals surface area (Å²) in [5.41, 5.74) is 2.16. The lowest BCUT2D eigenvalue weighted by Gasteiger charge is -2.31. The number of aliphatic hydroxyl groups excluding tert-OH is 1. The Labute approximate surface area is 161 Å². The number of rotatable bonds is 5. The summed E-state index contributed by atoms with van der Waals surface area (Å²) in [7, 11) is 0. The number of aliphatic imine (C=N–C) groups is 1. The van der Waals surface area contributed by atoms with Crippen molar-refractivity contribution in [2.45, 2.75) is 52.9 Å². The standard InChI is InChI=1S/C24H29NO2/c1-4-5-13-25-20-15-24(2,3)16-22(27)23(20)21(26)14-18-11-8-10-17-9-6-7-12-19(17)18/h6-12,26H,4-5,13-16H2,1-3H3. The molecule has 0 saturated heterocycles. The first-order valence-electron chi connectivity index (χ1n) is 9.87. The van der Waals surface area contributed by atoms with E-state index in [9.17, 15) is 9.90 Å². The summed E-state index contributed by atoms with van der Waals surface area (Å²) < 4.78 is 0. The van der Waals surface area contributed by atoms with Crippen molar-refractivity contribution in [3.8, 4) is 0 Å². The number of allylic oxidation sites excluding steroid dienone is 2. The Morgan fingerprint density at radius 2 is 1.85 bits per heavy atom. The molecule has 0 aromatic heterocycles. The van der Waals surface area contributed by atoms with Gasteiger partial charge in [0.1, 0.15) is 5.76 Å². The van der Waals surface area contributed by atoms with Crippen molar-refractivity contribution in [2.24, 2.45) is 10.4 Å². The number of benzene rings is 2. The van der Waals surface area contributed by atoms with Crippen LogP contribution >= 0.6 is 0 Å². The van der Waals surface area contributed by atoms with Gasteiger partial charge in [0.2, 0.25) is 0 Å². The predicted molar refractivity (Wildman–Crippen MR) is 113 cm³/mol. The van der Waals surface area contributed by atoms with E-state index in [0.717, 1.165) is 41.3 Å². The molecule has 27 heavy (non-hydrogen) atoms. The molecule has 3 rings (SSSR count). The Balaban J connectivity index is 1.99. The van der Waals surface area contributed by atoms with Crippen LogP contribution in [0.3, 0.4) is 0 Å². The van der Waals surface area contributed by atoms with Crippen LogP contribution in [0.5, 0.6) is 0 Å². The minimum Gasteiger partial charge on any atom is -0.511 e. The molecule has 1 saturated carbocycles. The van der Waals surface area contributed by atoms with Crippen molar-refractivity contribution in [3.63, 3.8) is 0 Å². The van der Waals surface area contributed by atoms with Crippen LogP contribution in [0.1, 0.15) is 52.0 Å². The topological polar surface area (TPSA) is 49.7 Å². The summed E-state index contributed by atoms with van der Waals surface area (Å²) in [5, 5.41) is 13.2. The third kappa shape index (κ3) is 4.47. The van der Waals surface area contributed by atoms with Crippen LogP contribution in [0, 0.1) is 5.41 Å². The van der Waals surface area contributed by atoms with E-state index in [1.807, 2.05) is 24.3 Å². The van der Waals surface area contributed by atoms with Crippen molar-refractivity contribution in [3.05, 3.63) is 59.4 Å². The van der Waals surface area contributed by atoms with Crippen molar-refractivity contribution in [1.82, 2.24) is 0 Å². The summed E-state index contributed by atoms with van der Waals surface area (Å²) in [6, 6.07) is 14.2. The molecule has 2 aromatic rings. The second-order valence-corrected chi connectivity index (χ2v) is 8.26. The van der Waals surface area contributed by atoms with Gasteiger partial charge in [0.25, 0.3) is 0 Å². The van der Waals surface area contributed by atoms with Crippen molar-refractivity contribution in [1.29, 1.82) is 0 Å². The average molecular weight is 364 g/mol. The summed E-state index contributed by atoms with van der Waals surface area (Å²) in [6.07, 6.45) is 3.60. The zero-order valence-corrected chi connectivity index (χ0v) is 16.6. The van der Waals surface area contributed by atoms with Crippen LogP contribution in [-0.4, -0.2) is 23.1 Å². The van der Waals surface area contributed by atoms with Crippen molar-refractivity contribution >= 4 is 22.3 Å². The lowest BCUT2D eigenvalue weighted by molar-refractivity contribution is -0.117. The molecular weight excluding hydrogens is 334 g/mol. The number of aliphatic hydroxyl groups is 1. The average Bonchev–Trinajstić information content (AvgIpc) is 2.61. The molecule has 3 heteroatoms. The van der Waals surface area contributed by atoms with Crippen LogP contribution in [0.25, 0.3) is 10.8 Å². The van der Waals surface area contributed by atoms with Crippen molar-refractivity contribution in [2.75, 3.05) is 6.54 Å². The Bertz CT molecular complexity index is 900. The quantitative estimate of drug-likeness (QED) is 0.413. The smallest absolute Gasteiger partial charge is 0.168 e. The Morgan fingerprint density at radius 1 is 1.11 bits per heavy atom. The SMILES string of the molecule is CCCCN=C1CC(C)(C)CC(=O)C1=C(O)Cc1cccc2ccccc12. The van der Waals surface area contributed by atoms with Crippen LogP contribution in [0.2, 0.25) is 0 Å². The van der Waals surface area contributed by atoms with E-state index in [1.54, 1.807) is 0 Å².